The van der Waals surface area contributed by atoms with Crippen LogP contribution in [0, 0.1) is 0 Å². The van der Waals surface area contributed by atoms with Crippen molar-refractivity contribution >= 4 is 14.3 Å². The Morgan fingerprint density at radius 2 is 1.38 bits per heavy atom. The van der Waals surface area contributed by atoms with Crippen molar-refractivity contribution in [3.63, 3.8) is 0 Å². The Labute approximate surface area is 129 Å². The largest absolute Gasteiger partial charge is 0.462 e. The molecule has 124 valence electrons. The fourth-order valence-corrected chi connectivity index (χ4v) is 2.16. The number of ether oxygens (including phenoxy) is 3. The van der Waals surface area contributed by atoms with Crippen LogP contribution < -0.4 is 0 Å². The van der Waals surface area contributed by atoms with E-state index in [0.717, 1.165) is 32.1 Å². The molecule has 0 aromatic carbocycles. The molecule has 0 aromatic rings. The first kappa shape index (κ1) is 20.3. The van der Waals surface area contributed by atoms with Gasteiger partial charge >= 0.3 is 5.97 Å². The molecule has 0 aromatic heterocycles. The summed E-state index contributed by atoms with van der Waals surface area (Å²) >= 11 is 0. The van der Waals surface area contributed by atoms with Gasteiger partial charge in [0.2, 0.25) is 0 Å². The van der Waals surface area contributed by atoms with Gasteiger partial charge in [-0.3, -0.25) is 0 Å². The van der Waals surface area contributed by atoms with Crippen LogP contribution in [0.15, 0.2) is 12.7 Å². The predicted molar refractivity (Wildman–Crippen MR) is 85.9 cm³/mol. The third-order valence-electron chi connectivity index (χ3n) is 2.39. The van der Waals surface area contributed by atoms with Gasteiger partial charge in [0.05, 0.1) is 6.61 Å². The van der Waals surface area contributed by atoms with Gasteiger partial charge in [-0.1, -0.05) is 6.58 Å². The summed E-state index contributed by atoms with van der Waals surface area (Å²) in [6, 6.07) is 0. The van der Waals surface area contributed by atoms with Gasteiger partial charge in [0, 0.05) is 45.5 Å². The molecule has 0 saturated carbocycles. The zero-order valence-corrected chi connectivity index (χ0v) is 14.7. The molecular weight excluding hydrogens is 288 g/mol. The maximum absolute atomic E-state index is 10.7. The second-order valence-corrected chi connectivity index (χ2v) is 10.1. The predicted octanol–water partition coefficient (Wildman–Crippen LogP) is 2.77. The standard InChI is InChI=1S/C15H30O5Si/c1-5-15(16)19-13-7-11-17-9-6-10-18-12-8-14-20-21(2,3)4/h5H,1,6-14H2,2-4H3. The Morgan fingerprint density at radius 3 is 1.86 bits per heavy atom. The van der Waals surface area contributed by atoms with Gasteiger partial charge in [-0.15, -0.1) is 0 Å². The molecule has 0 amide bonds. The molecule has 0 atom stereocenters. The molecule has 0 aliphatic rings. The quantitative estimate of drug-likeness (QED) is 0.213. The van der Waals surface area contributed by atoms with Gasteiger partial charge < -0.3 is 18.6 Å². The van der Waals surface area contributed by atoms with Gasteiger partial charge in [-0.25, -0.2) is 4.79 Å². The maximum atomic E-state index is 10.7. The number of rotatable bonds is 14. The Kier molecular flexibility index (Phi) is 12.6. The molecule has 0 aliphatic heterocycles. The van der Waals surface area contributed by atoms with Crippen LogP contribution in [0.3, 0.4) is 0 Å². The summed E-state index contributed by atoms with van der Waals surface area (Å²) in [5, 5.41) is 0. The molecular formula is C15H30O5Si. The minimum atomic E-state index is -1.38. The molecule has 0 bridgehead atoms. The first-order valence-electron chi connectivity index (χ1n) is 7.54. The van der Waals surface area contributed by atoms with Crippen LogP contribution in [0.1, 0.15) is 19.3 Å². The lowest BCUT2D eigenvalue weighted by atomic mass is 10.4. The number of carbonyl (C=O) groups is 1. The highest BCUT2D eigenvalue weighted by molar-refractivity contribution is 6.69. The minimum absolute atomic E-state index is 0.373. The lowest BCUT2D eigenvalue weighted by Gasteiger charge is -2.16. The van der Waals surface area contributed by atoms with Crippen molar-refractivity contribution in [2.45, 2.75) is 38.9 Å². The SMILES string of the molecule is C=CC(=O)OCCCOCCCOCCCO[Si](C)(C)C. The third-order valence-corrected chi connectivity index (χ3v) is 3.46. The Balaban J connectivity index is 3.09. The Bertz CT molecular complexity index is 276. The zero-order valence-electron chi connectivity index (χ0n) is 13.7. The van der Waals surface area contributed by atoms with E-state index in [1.807, 2.05) is 0 Å². The number of hydrogen-bond acceptors (Lipinski definition) is 5. The van der Waals surface area contributed by atoms with Gasteiger partial charge in [0.1, 0.15) is 0 Å². The van der Waals surface area contributed by atoms with Crippen LogP contribution in [0.4, 0.5) is 0 Å². The highest BCUT2D eigenvalue weighted by Gasteiger charge is 2.12. The van der Waals surface area contributed by atoms with E-state index in [4.69, 9.17) is 18.6 Å². The zero-order chi connectivity index (χ0) is 16.0. The van der Waals surface area contributed by atoms with Gasteiger partial charge in [0.25, 0.3) is 0 Å². The smallest absolute Gasteiger partial charge is 0.330 e. The topological polar surface area (TPSA) is 54.0 Å². The van der Waals surface area contributed by atoms with Crippen LogP contribution >= 0.6 is 0 Å². The van der Waals surface area contributed by atoms with E-state index in [-0.39, 0.29) is 5.97 Å². The molecule has 0 aliphatic carbocycles. The van der Waals surface area contributed by atoms with Crippen LogP contribution in [-0.2, 0) is 23.4 Å². The van der Waals surface area contributed by atoms with Crippen molar-refractivity contribution < 1.29 is 23.4 Å². The summed E-state index contributed by atoms with van der Waals surface area (Å²) in [6.07, 6.45) is 3.68. The van der Waals surface area contributed by atoms with E-state index < -0.39 is 8.32 Å². The van der Waals surface area contributed by atoms with Gasteiger partial charge in [-0.2, -0.15) is 0 Å². The maximum Gasteiger partial charge on any atom is 0.330 e. The Morgan fingerprint density at radius 1 is 0.905 bits per heavy atom. The normalized spacial score (nSPS) is 11.4. The summed E-state index contributed by atoms with van der Waals surface area (Å²) < 4.78 is 21.5. The summed E-state index contributed by atoms with van der Waals surface area (Å²) in [5.74, 6) is -0.387. The number of esters is 1. The van der Waals surface area contributed by atoms with E-state index in [1.165, 1.54) is 0 Å². The molecule has 0 radical (unpaired) electrons. The van der Waals surface area contributed by atoms with Crippen molar-refractivity contribution in [1.29, 1.82) is 0 Å². The van der Waals surface area contributed by atoms with Crippen LogP contribution in [0.25, 0.3) is 0 Å². The van der Waals surface area contributed by atoms with Crippen molar-refractivity contribution in [3.05, 3.63) is 12.7 Å². The third kappa shape index (κ3) is 17.3. The minimum Gasteiger partial charge on any atom is -0.462 e. The molecule has 0 spiro atoms. The van der Waals surface area contributed by atoms with Gasteiger partial charge in [0.15, 0.2) is 8.32 Å². The number of hydrogen-bond donors (Lipinski definition) is 0. The fourth-order valence-electron chi connectivity index (χ4n) is 1.40. The van der Waals surface area contributed by atoms with Crippen molar-refractivity contribution in [3.8, 4) is 0 Å². The van der Waals surface area contributed by atoms with E-state index in [9.17, 15) is 4.79 Å². The lowest BCUT2D eigenvalue weighted by molar-refractivity contribution is -0.138. The Hall–Kier alpha value is -0.693. The first-order chi connectivity index (χ1) is 9.95. The monoisotopic (exact) mass is 318 g/mol. The number of carbonyl (C=O) groups excluding carboxylic acids is 1. The van der Waals surface area contributed by atoms with Crippen molar-refractivity contribution in [1.82, 2.24) is 0 Å². The summed E-state index contributed by atoms with van der Waals surface area (Å²) in [5.41, 5.74) is 0. The van der Waals surface area contributed by atoms with Crippen molar-refractivity contribution in [2.75, 3.05) is 39.6 Å². The average Bonchev–Trinajstić information content (AvgIpc) is 2.42. The van der Waals surface area contributed by atoms with E-state index in [0.29, 0.717) is 32.8 Å². The van der Waals surface area contributed by atoms with Gasteiger partial charge in [-0.05, 0) is 32.5 Å². The summed E-state index contributed by atoms with van der Waals surface area (Å²) in [7, 11) is -1.38. The van der Waals surface area contributed by atoms with E-state index >= 15 is 0 Å². The second kappa shape index (κ2) is 13.0. The van der Waals surface area contributed by atoms with Crippen molar-refractivity contribution in [2.24, 2.45) is 0 Å². The molecule has 21 heavy (non-hydrogen) atoms. The van der Waals surface area contributed by atoms with Crippen LogP contribution in [-0.4, -0.2) is 53.9 Å². The van der Waals surface area contributed by atoms with Crippen LogP contribution in [0.2, 0.25) is 19.6 Å². The lowest BCUT2D eigenvalue weighted by Crippen LogP contribution is -2.26. The first-order valence-corrected chi connectivity index (χ1v) is 10.9. The van der Waals surface area contributed by atoms with Crippen LogP contribution in [0.5, 0.6) is 0 Å². The molecule has 6 heteroatoms. The molecule has 5 nitrogen and oxygen atoms in total. The molecule has 0 unspecified atom stereocenters. The average molecular weight is 318 g/mol. The molecule has 0 N–H and O–H groups in total. The molecule has 0 heterocycles. The highest BCUT2D eigenvalue weighted by atomic mass is 28.4. The molecule has 0 saturated heterocycles. The molecule has 0 fully saturated rings. The summed E-state index contributed by atoms with van der Waals surface area (Å²) in [4.78, 5) is 10.7. The fraction of sp³-hybridized carbons (Fsp3) is 0.800. The molecule has 0 rings (SSSR count). The van der Waals surface area contributed by atoms with E-state index in [1.54, 1.807) is 0 Å². The summed E-state index contributed by atoms with van der Waals surface area (Å²) in [6.45, 7) is 13.7. The van der Waals surface area contributed by atoms with E-state index in [2.05, 4.69) is 26.2 Å². The highest BCUT2D eigenvalue weighted by Crippen LogP contribution is 2.02. The second-order valence-electron chi connectivity index (χ2n) is 5.62.